The topological polar surface area (TPSA) is 26.2 Å². The Balaban J connectivity index is 2.34. The summed E-state index contributed by atoms with van der Waals surface area (Å²) >= 11 is 6.11. The molecule has 2 aromatic rings. The number of hydrogen-bond donors (Lipinski definition) is 1. The molecule has 0 bridgehead atoms. The Morgan fingerprint density at radius 3 is 2.70 bits per heavy atom. The van der Waals surface area contributed by atoms with E-state index in [0.717, 1.165) is 17.1 Å². The maximum absolute atomic E-state index is 6.11. The number of nitrogens with one attached hydrogen (secondary N) is 1. The van der Waals surface area contributed by atoms with Crippen molar-refractivity contribution in [1.82, 2.24) is 9.88 Å². The van der Waals surface area contributed by atoms with Crippen LogP contribution in [0.5, 0.6) is 0 Å². The van der Waals surface area contributed by atoms with E-state index in [9.17, 15) is 0 Å². The summed E-state index contributed by atoms with van der Waals surface area (Å²) in [4.78, 5) is 0. The Bertz CT molecular complexity index is 584. The smallest absolute Gasteiger partial charge is 0.122 e. The van der Waals surface area contributed by atoms with Crippen LogP contribution in [0.1, 0.15) is 33.3 Å². The number of halogens is 1. The third-order valence-corrected chi connectivity index (χ3v) is 3.41. The molecule has 1 aromatic carbocycles. The first-order valence-corrected chi connectivity index (χ1v) is 7.38. The highest BCUT2D eigenvalue weighted by Gasteiger charge is 2.13. The van der Waals surface area contributed by atoms with E-state index in [1.165, 1.54) is 10.9 Å². The average Bonchev–Trinajstić information content (AvgIpc) is 2.70. The molecule has 110 valence electrons. The van der Waals surface area contributed by atoms with Gasteiger partial charge in [-0.1, -0.05) is 17.7 Å². The molecule has 0 saturated carbocycles. The predicted molar refractivity (Wildman–Crippen MR) is 85.2 cm³/mol. The molecule has 0 unspecified atom stereocenters. The molecule has 0 spiro atoms. The number of fused-ring (bicyclic) bond motifs is 1. The van der Waals surface area contributed by atoms with Gasteiger partial charge in [-0.05, 0) is 45.4 Å². The maximum atomic E-state index is 6.11. The molecule has 1 aromatic heterocycles. The number of ether oxygens (including phenoxy) is 1. The summed E-state index contributed by atoms with van der Waals surface area (Å²) in [6, 6.07) is 6.02. The molecule has 0 fully saturated rings. The second kappa shape index (κ2) is 6.17. The van der Waals surface area contributed by atoms with Crippen LogP contribution in [0, 0.1) is 0 Å². The lowest BCUT2D eigenvalue weighted by molar-refractivity contribution is 0.0908. The fraction of sp³-hybridized carbons (Fsp3) is 0.500. The number of benzene rings is 1. The van der Waals surface area contributed by atoms with Gasteiger partial charge in [0.15, 0.2) is 0 Å². The van der Waals surface area contributed by atoms with Crippen LogP contribution in [0.2, 0.25) is 5.02 Å². The van der Waals surface area contributed by atoms with Gasteiger partial charge in [-0.3, -0.25) is 0 Å². The summed E-state index contributed by atoms with van der Waals surface area (Å²) in [6.45, 7) is 10.6. The molecule has 0 radical (unpaired) electrons. The zero-order valence-corrected chi connectivity index (χ0v) is 13.4. The fourth-order valence-electron chi connectivity index (χ4n) is 2.14. The van der Waals surface area contributed by atoms with Crippen molar-refractivity contribution in [3.63, 3.8) is 0 Å². The Labute approximate surface area is 125 Å². The molecular formula is C16H23ClN2O. The van der Waals surface area contributed by atoms with Crippen molar-refractivity contribution in [3.8, 4) is 0 Å². The molecule has 0 saturated heterocycles. The molecule has 20 heavy (non-hydrogen) atoms. The monoisotopic (exact) mass is 294 g/mol. The molecule has 0 aliphatic carbocycles. The Hall–Kier alpha value is -1.03. The van der Waals surface area contributed by atoms with Gasteiger partial charge >= 0.3 is 0 Å². The van der Waals surface area contributed by atoms with Crippen molar-refractivity contribution in [2.45, 2.75) is 46.5 Å². The lowest BCUT2D eigenvalue weighted by Gasteiger charge is -2.20. The normalized spacial score (nSPS) is 12.2. The van der Waals surface area contributed by atoms with Gasteiger partial charge in [0.1, 0.15) is 6.73 Å². The lowest BCUT2D eigenvalue weighted by Crippen LogP contribution is -2.34. The quantitative estimate of drug-likeness (QED) is 0.895. The van der Waals surface area contributed by atoms with Crippen LogP contribution >= 0.6 is 11.6 Å². The van der Waals surface area contributed by atoms with Crippen molar-refractivity contribution >= 4 is 22.5 Å². The molecule has 1 N–H and O–H groups in total. The van der Waals surface area contributed by atoms with E-state index in [4.69, 9.17) is 16.3 Å². The first kappa shape index (κ1) is 15.4. The summed E-state index contributed by atoms with van der Waals surface area (Å²) in [6.07, 6.45) is 2.15. The van der Waals surface area contributed by atoms with Crippen LogP contribution in [-0.2, 0) is 18.0 Å². The van der Waals surface area contributed by atoms with Gasteiger partial charge < -0.3 is 14.6 Å². The molecule has 1 heterocycles. The molecule has 0 aliphatic rings. The molecular weight excluding hydrogens is 272 g/mol. The van der Waals surface area contributed by atoms with Crippen LogP contribution in [0.25, 0.3) is 10.9 Å². The van der Waals surface area contributed by atoms with Crippen LogP contribution in [0.4, 0.5) is 0 Å². The third-order valence-electron chi connectivity index (χ3n) is 3.17. The van der Waals surface area contributed by atoms with Crippen LogP contribution in [0.3, 0.4) is 0 Å². The predicted octanol–water partition coefficient (Wildman–Crippen LogP) is 4.18. The first-order chi connectivity index (χ1) is 9.40. The Morgan fingerprint density at radius 2 is 2.05 bits per heavy atom. The highest BCUT2D eigenvalue weighted by Crippen LogP contribution is 2.25. The largest absolute Gasteiger partial charge is 0.361 e. The minimum Gasteiger partial charge on any atom is -0.361 e. The number of hydrogen-bond acceptors (Lipinski definition) is 2. The molecule has 4 heteroatoms. The third kappa shape index (κ3) is 3.75. The molecule has 2 rings (SSSR count). The van der Waals surface area contributed by atoms with Gasteiger partial charge in [0.2, 0.25) is 0 Å². The zero-order chi connectivity index (χ0) is 14.8. The van der Waals surface area contributed by atoms with E-state index in [2.05, 4.69) is 42.9 Å². The Morgan fingerprint density at radius 1 is 1.30 bits per heavy atom. The Kier molecular flexibility index (Phi) is 4.74. The van der Waals surface area contributed by atoms with Crippen molar-refractivity contribution < 1.29 is 4.74 Å². The van der Waals surface area contributed by atoms with Gasteiger partial charge in [0.05, 0.1) is 5.52 Å². The molecule has 0 aliphatic heterocycles. The minimum absolute atomic E-state index is 0.0980. The van der Waals surface area contributed by atoms with Gasteiger partial charge in [0.25, 0.3) is 0 Å². The van der Waals surface area contributed by atoms with E-state index in [1.807, 2.05) is 19.1 Å². The summed E-state index contributed by atoms with van der Waals surface area (Å²) < 4.78 is 7.64. The minimum atomic E-state index is 0.0980. The second-order valence-corrected chi connectivity index (χ2v) is 6.45. The highest BCUT2D eigenvalue weighted by atomic mass is 35.5. The van der Waals surface area contributed by atoms with Gasteiger partial charge in [-0.15, -0.1) is 0 Å². The molecule has 0 amide bonds. The van der Waals surface area contributed by atoms with E-state index in [1.54, 1.807) is 0 Å². The van der Waals surface area contributed by atoms with Crippen molar-refractivity contribution in [2.24, 2.45) is 0 Å². The van der Waals surface area contributed by atoms with Crippen molar-refractivity contribution in [3.05, 3.63) is 35.0 Å². The summed E-state index contributed by atoms with van der Waals surface area (Å²) in [5.74, 6) is 0. The summed E-state index contributed by atoms with van der Waals surface area (Å²) in [5.41, 5.74) is 2.49. The molecule has 0 atom stereocenters. The van der Waals surface area contributed by atoms with Crippen LogP contribution in [-0.4, -0.2) is 16.7 Å². The second-order valence-electron chi connectivity index (χ2n) is 6.01. The summed E-state index contributed by atoms with van der Waals surface area (Å²) in [5, 5.41) is 5.51. The molecule has 3 nitrogen and oxygen atoms in total. The van der Waals surface area contributed by atoms with E-state index >= 15 is 0 Å². The van der Waals surface area contributed by atoms with E-state index in [-0.39, 0.29) is 5.54 Å². The zero-order valence-electron chi connectivity index (χ0n) is 12.7. The van der Waals surface area contributed by atoms with Crippen LogP contribution < -0.4 is 5.32 Å². The van der Waals surface area contributed by atoms with Crippen molar-refractivity contribution in [1.29, 1.82) is 0 Å². The standard InChI is InChI=1S/C16H23ClN2O/c1-5-20-11-19-10-12(9-18-16(2,3)4)14-7-6-13(17)8-15(14)19/h6-8,10,18H,5,9,11H2,1-4H3. The number of rotatable bonds is 5. The summed E-state index contributed by atoms with van der Waals surface area (Å²) in [7, 11) is 0. The first-order valence-electron chi connectivity index (χ1n) is 7.01. The number of nitrogens with zero attached hydrogens (tertiary/aromatic N) is 1. The van der Waals surface area contributed by atoms with E-state index in [0.29, 0.717) is 13.3 Å². The van der Waals surface area contributed by atoms with Gasteiger partial charge in [-0.2, -0.15) is 0 Å². The van der Waals surface area contributed by atoms with Crippen LogP contribution in [0.15, 0.2) is 24.4 Å². The average molecular weight is 295 g/mol. The fourth-order valence-corrected chi connectivity index (χ4v) is 2.31. The van der Waals surface area contributed by atoms with Crippen molar-refractivity contribution in [2.75, 3.05) is 6.61 Å². The maximum Gasteiger partial charge on any atom is 0.122 e. The lowest BCUT2D eigenvalue weighted by atomic mass is 10.1. The van der Waals surface area contributed by atoms with Gasteiger partial charge in [0, 0.05) is 35.3 Å². The van der Waals surface area contributed by atoms with E-state index < -0.39 is 0 Å². The van der Waals surface area contributed by atoms with Gasteiger partial charge in [-0.25, -0.2) is 0 Å². The SMILES string of the molecule is CCOCn1cc(CNC(C)(C)C)c2ccc(Cl)cc21. The highest BCUT2D eigenvalue weighted by molar-refractivity contribution is 6.31. The number of aromatic nitrogens is 1.